The minimum absolute atomic E-state index is 0.0826. The van der Waals surface area contributed by atoms with Crippen LogP contribution in [0.3, 0.4) is 0 Å². The number of methoxy groups -OCH3 is 1. The van der Waals surface area contributed by atoms with Crippen molar-refractivity contribution >= 4 is 5.91 Å². The number of nitrogens with one attached hydrogen (secondary N) is 1. The lowest BCUT2D eigenvalue weighted by Gasteiger charge is -2.11. The van der Waals surface area contributed by atoms with E-state index in [1.165, 1.54) is 0 Å². The molecule has 1 aliphatic heterocycles. The van der Waals surface area contributed by atoms with Crippen LogP contribution in [-0.4, -0.2) is 42.4 Å². The van der Waals surface area contributed by atoms with Crippen molar-refractivity contribution in [1.82, 2.24) is 15.5 Å². The lowest BCUT2D eigenvalue weighted by molar-refractivity contribution is 0.0858. The van der Waals surface area contributed by atoms with Crippen LogP contribution in [0.1, 0.15) is 23.2 Å². The lowest BCUT2D eigenvalue weighted by Crippen LogP contribution is -2.32. The highest BCUT2D eigenvalue weighted by Gasteiger charge is 2.20. The van der Waals surface area contributed by atoms with Crippen LogP contribution in [0.5, 0.6) is 5.75 Å². The number of nitrogens with zero attached hydrogens (tertiary/aromatic N) is 2. The molecule has 3 aromatic rings. The molecule has 144 valence electrons. The predicted octanol–water partition coefficient (Wildman–Crippen LogP) is 3.32. The van der Waals surface area contributed by atoms with Crippen LogP contribution >= 0.6 is 0 Å². The fourth-order valence-electron chi connectivity index (χ4n) is 3.19. The molecule has 7 heteroatoms. The van der Waals surface area contributed by atoms with Gasteiger partial charge in [0.15, 0.2) is 0 Å². The van der Waals surface area contributed by atoms with Crippen molar-refractivity contribution in [2.75, 3.05) is 20.3 Å². The lowest BCUT2D eigenvalue weighted by atomic mass is 10.1. The van der Waals surface area contributed by atoms with E-state index in [0.29, 0.717) is 35.1 Å². The van der Waals surface area contributed by atoms with Gasteiger partial charge in [0.25, 0.3) is 11.8 Å². The van der Waals surface area contributed by atoms with Gasteiger partial charge in [0, 0.05) is 18.7 Å². The van der Waals surface area contributed by atoms with Gasteiger partial charge in [-0.15, -0.1) is 0 Å². The normalized spacial score (nSPS) is 16.1. The molecule has 1 fully saturated rings. The van der Waals surface area contributed by atoms with E-state index in [1.54, 1.807) is 19.2 Å². The number of aromatic nitrogens is 2. The van der Waals surface area contributed by atoms with E-state index < -0.39 is 0 Å². The molecule has 1 N–H and O–H groups in total. The van der Waals surface area contributed by atoms with Gasteiger partial charge in [-0.05, 0) is 37.1 Å². The van der Waals surface area contributed by atoms with Crippen molar-refractivity contribution < 1.29 is 18.8 Å². The predicted molar refractivity (Wildman–Crippen MR) is 103 cm³/mol. The van der Waals surface area contributed by atoms with E-state index in [9.17, 15) is 4.79 Å². The van der Waals surface area contributed by atoms with Gasteiger partial charge in [0.2, 0.25) is 5.82 Å². The topological polar surface area (TPSA) is 86.5 Å². The van der Waals surface area contributed by atoms with E-state index in [0.717, 1.165) is 25.0 Å². The molecule has 1 aliphatic rings. The molecule has 0 bridgehead atoms. The maximum absolute atomic E-state index is 12.7. The first-order valence-corrected chi connectivity index (χ1v) is 9.22. The third kappa shape index (κ3) is 3.89. The van der Waals surface area contributed by atoms with Gasteiger partial charge in [-0.3, -0.25) is 4.79 Å². The molecule has 1 atom stereocenters. The van der Waals surface area contributed by atoms with Gasteiger partial charge < -0.3 is 19.3 Å². The monoisotopic (exact) mass is 379 g/mol. The second-order valence-electron chi connectivity index (χ2n) is 6.55. The van der Waals surface area contributed by atoms with Crippen molar-refractivity contribution in [3.63, 3.8) is 0 Å². The van der Waals surface area contributed by atoms with Gasteiger partial charge in [-0.25, -0.2) is 0 Å². The summed E-state index contributed by atoms with van der Waals surface area (Å²) in [6, 6.07) is 14.6. The summed E-state index contributed by atoms with van der Waals surface area (Å²) in [6.45, 7) is 1.25. The molecule has 4 rings (SSSR count). The maximum Gasteiger partial charge on any atom is 0.259 e. The molecule has 0 radical (unpaired) electrons. The third-order valence-electron chi connectivity index (χ3n) is 4.67. The summed E-state index contributed by atoms with van der Waals surface area (Å²) in [5, 5.41) is 6.99. The molecule has 0 aliphatic carbocycles. The van der Waals surface area contributed by atoms with Crippen molar-refractivity contribution in [2.24, 2.45) is 0 Å². The zero-order chi connectivity index (χ0) is 19.3. The maximum atomic E-state index is 12.7. The summed E-state index contributed by atoms with van der Waals surface area (Å²) >= 11 is 0. The largest absolute Gasteiger partial charge is 0.497 e. The van der Waals surface area contributed by atoms with Crippen molar-refractivity contribution in [3.05, 3.63) is 54.1 Å². The summed E-state index contributed by atoms with van der Waals surface area (Å²) in [4.78, 5) is 17.2. The average molecular weight is 379 g/mol. The number of ether oxygens (including phenoxy) is 2. The minimum Gasteiger partial charge on any atom is -0.497 e. The fourth-order valence-corrected chi connectivity index (χ4v) is 3.19. The van der Waals surface area contributed by atoms with Crippen LogP contribution in [-0.2, 0) is 4.74 Å². The molecule has 28 heavy (non-hydrogen) atoms. The van der Waals surface area contributed by atoms with Crippen molar-refractivity contribution in [3.8, 4) is 28.6 Å². The quantitative estimate of drug-likeness (QED) is 0.707. The number of rotatable bonds is 6. The molecule has 0 spiro atoms. The zero-order valence-corrected chi connectivity index (χ0v) is 15.6. The first kappa shape index (κ1) is 18.2. The van der Waals surface area contributed by atoms with Gasteiger partial charge >= 0.3 is 0 Å². The van der Waals surface area contributed by atoms with Crippen LogP contribution in [0.25, 0.3) is 22.8 Å². The standard InChI is InChI=1S/C21H21N3O4/c1-26-15-7-4-6-14(12-15)19-23-21(28-24-19)18-10-3-2-9-17(18)20(25)22-13-16-8-5-11-27-16/h2-4,6-7,9-10,12,16H,5,8,11,13H2,1H3,(H,22,25)/t16-/m0/s1. The second-order valence-corrected chi connectivity index (χ2v) is 6.55. The average Bonchev–Trinajstić information content (AvgIpc) is 3.44. The van der Waals surface area contributed by atoms with E-state index in [4.69, 9.17) is 14.0 Å². The molecule has 7 nitrogen and oxygen atoms in total. The van der Waals surface area contributed by atoms with E-state index in [-0.39, 0.29) is 12.0 Å². The van der Waals surface area contributed by atoms with Crippen LogP contribution in [0.4, 0.5) is 0 Å². The first-order chi connectivity index (χ1) is 13.7. The SMILES string of the molecule is COc1cccc(-c2noc(-c3ccccc3C(=O)NC[C@@H]3CCCO3)n2)c1. The molecule has 0 saturated carbocycles. The van der Waals surface area contributed by atoms with Crippen molar-refractivity contribution in [2.45, 2.75) is 18.9 Å². The number of amides is 1. The van der Waals surface area contributed by atoms with Crippen LogP contribution in [0.2, 0.25) is 0 Å². The molecular formula is C21H21N3O4. The minimum atomic E-state index is -0.188. The van der Waals surface area contributed by atoms with Gasteiger partial charge in [0.05, 0.1) is 24.3 Å². The van der Waals surface area contributed by atoms with E-state index in [2.05, 4.69) is 15.5 Å². The number of benzene rings is 2. The van der Waals surface area contributed by atoms with E-state index >= 15 is 0 Å². The Balaban J connectivity index is 1.56. The molecule has 1 saturated heterocycles. The fraction of sp³-hybridized carbons (Fsp3) is 0.286. The smallest absolute Gasteiger partial charge is 0.259 e. The number of carbonyl (C=O) groups excluding carboxylic acids is 1. The molecular weight excluding hydrogens is 358 g/mol. The van der Waals surface area contributed by atoms with Crippen LogP contribution < -0.4 is 10.1 Å². The first-order valence-electron chi connectivity index (χ1n) is 9.22. The van der Waals surface area contributed by atoms with Gasteiger partial charge in [-0.2, -0.15) is 4.98 Å². The highest BCUT2D eigenvalue weighted by molar-refractivity contribution is 6.00. The Kier molecular flexibility index (Phi) is 5.34. The Morgan fingerprint density at radius 2 is 2.14 bits per heavy atom. The second kappa shape index (κ2) is 8.22. The summed E-state index contributed by atoms with van der Waals surface area (Å²) in [6.07, 6.45) is 2.08. The Morgan fingerprint density at radius 3 is 2.96 bits per heavy atom. The Morgan fingerprint density at radius 1 is 1.25 bits per heavy atom. The highest BCUT2D eigenvalue weighted by atomic mass is 16.5. The number of hydrogen-bond donors (Lipinski definition) is 1. The summed E-state index contributed by atoms with van der Waals surface area (Å²) < 4.78 is 16.2. The third-order valence-corrected chi connectivity index (χ3v) is 4.67. The number of hydrogen-bond acceptors (Lipinski definition) is 6. The molecule has 2 heterocycles. The van der Waals surface area contributed by atoms with Crippen molar-refractivity contribution in [1.29, 1.82) is 0 Å². The Hall–Kier alpha value is -3.19. The molecule has 1 aromatic heterocycles. The Bertz CT molecular complexity index is 964. The molecule has 2 aromatic carbocycles. The van der Waals surface area contributed by atoms with E-state index in [1.807, 2.05) is 36.4 Å². The van der Waals surface area contributed by atoms with Crippen LogP contribution in [0.15, 0.2) is 53.1 Å². The highest BCUT2D eigenvalue weighted by Crippen LogP contribution is 2.27. The summed E-state index contributed by atoms with van der Waals surface area (Å²) in [5.74, 6) is 1.24. The van der Waals surface area contributed by atoms with Gasteiger partial charge in [-0.1, -0.05) is 29.4 Å². The summed E-state index contributed by atoms with van der Waals surface area (Å²) in [7, 11) is 1.60. The summed E-state index contributed by atoms with van der Waals surface area (Å²) in [5.41, 5.74) is 1.85. The zero-order valence-electron chi connectivity index (χ0n) is 15.6. The number of carbonyl (C=O) groups is 1. The van der Waals surface area contributed by atoms with Crippen LogP contribution in [0, 0.1) is 0 Å². The Labute approximate surface area is 162 Å². The van der Waals surface area contributed by atoms with Gasteiger partial charge in [0.1, 0.15) is 5.75 Å². The molecule has 0 unspecified atom stereocenters. The molecule has 1 amide bonds.